The maximum atomic E-state index is 11.4. The quantitative estimate of drug-likeness (QED) is 0.659. The summed E-state index contributed by atoms with van der Waals surface area (Å²) in [5.41, 5.74) is 0. The van der Waals surface area contributed by atoms with E-state index < -0.39 is 0 Å². The molecule has 0 radical (unpaired) electrons. The average Bonchev–Trinajstić information content (AvgIpc) is 2.59. The van der Waals surface area contributed by atoms with Gasteiger partial charge in [-0.2, -0.15) is 0 Å². The van der Waals surface area contributed by atoms with Crippen molar-refractivity contribution in [2.45, 2.75) is 52.0 Å². The van der Waals surface area contributed by atoms with E-state index in [0.717, 1.165) is 13.1 Å². The van der Waals surface area contributed by atoms with Crippen molar-refractivity contribution < 1.29 is 4.79 Å². The molecule has 1 aliphatic rings. The summed E-state index contributed by atoms with van der Waals surface area (Å²) in [4.78, 5) is 13.3. The van der Waals surface area contributed by atoms with E-state index in [-0.39, 0.29) is 5.91 Å². The first-order valence-electron chi connectivity index (χ1n) is 5.76. The lowest BCUT2D eigenvalue weighted by atomic mass is 10.1. The minimum Gasteiger partial charge on any atom is -0.326 e. The Labute approximate surface area is 86.9 Å². The molecule has 0 aromatic rings. The summed E-state index contributed by atoms with van der Waals surface area (Å²) in [7, 11) is 0. The predicted molar refractivity (Wildman–Crippen MR) is 57.9 cm³/mol. The van der Waals surface area contributed by atoms with Gasteiger partial charge in [-0.05, 0) is 13.3 Å². The van der Waals surface area contributed by atoms with Crippen LogP contribution < -0.4 is 5.32 Å². The fraction of sp³-hybridized carbons (Fsp3) is 0.909. The highest BCUT2D eigenvalue weighted by molar-refractivity contribution is 5.80. The van der Waals surface area contributed by atoms with Crippen LogP contribution in [0.15, 0.2) is 0 Å². The lowest BCUT2D eigenvalue weighted by molar-refractivity contribution is -0.128. The molecule has 1 amide bonds. The van der Waals surface area contributed by atoms with E-state index in [0.29, 0.717) is 12.6 Å². The topological polar surface area (TPSA) is 32.3 Å². The fourth-order valence-electron chi connectivity index (χ4n) is 1.90. The smallest absolute Gasteiger partial charge is 0.237 e. The molecule has 1 heterocycles. The van der Waals surface area contributed by atoms with Crippen molar-refractivity contribution >= 4 is 5.91 Å². The van der Waals surface area contributed by atoms with Crippen LogP contribution in [0.25, 0.3) is 0 Å². The molecule has 14 heavy (non-hydrogen) atoms. The molecular weight excluding hydrogens is 176 g/mol. The van der Waals surface area contributed by atoms with Gasteiger partial charge in [-0.25, -0.2) is 0 Å². The molecule has 0 aliphatic carbocycles. The second-order valence-electron chi connectivity index (χ2n) is 4.15. The van der Waals surface area contributed by atoms with Crippen molar-refractivity contribution in [2.24, 2.45) is 0 Å². The number of unbranched alkanes of at least 4 members (excludes halogenated alkanes) is 3. The van der Waals surface area contributed by atoms with E-state index in [2.05, 4.69) is 19.2 Å². The van der Waals surface area contributed by atoms with Crippen LogP contribution in [0, 0.1) is 0 Å². The Balaban J connectivity index is 2.14. The molecule has 1 atom stereocenters. The van der Waals surface area contributed by atoms with Crippen LogP contribution >= 0.6 is 0 Å². The first-order chi connectivity index (χ1) is 6.75. The highest BCUT2D eigenvalue weighted by Gasteiger charge is 2.23. The Hall–Kier alpha value is -0.570. The van der Waals surface area contributed by atoms with Crippen LogP contribution in [0.4, 0.5) is 0 Å². The average molecular weight is 198 g/mol. The maximum Gasteiger partial charge on any atom is 0.237 e. The van der Waals surface area contributed by atoms with Gasteiger partial charge in [-0.1, -0.05) is 32.6 Å². The Kier molecular flexibility index (Phi) is 4.94. The number of hydrogen-bond acceptors (Lipinski definition) is 2. The number of rotatable bonds is 6. The lowest BCUT2D eigenvalue weighted by Crippen LogP contribution is -2.35. The summed E-state index contributed by atoms with van der Waals surface area (Å²) < 4.78 is 0. The fourth-order valence-corrected chi connectivity index (χ4v) is 1.90. The summed E-state index contributed by atoms with van der Waals surface area (Å²) in [6, 6.07) is 0.411. The Morgan fingerprint density at radius 1 is 1.43 bits per heavy atom. The Bertz CT molecular complexity index is 182. The summed E-state index contributed by atoms with van der Waals surface area (Å²) in [5.74, 6) is 0.257. The molecule has 82 valence electrons. The maximum absolute atomic E-state index is 11.4. The van der Waals surface area contributed by atoms with Crippen LogP contribution in [0.1, 0.15) is 46.0 Å². The van der Waals surface area contributed by atoms with Crippen LogP contribution in [0.2, 0.25) is 0 Å². The van der Waals surface area contributed by atoms with Gasteiger partial charge in [0.2, 0.25) is 5.91 Å². The van der Waals surface area contributed by atoms with Gasteiger partial charge in [-0.15, -0.1) is 0 Å². The first-order valence-corrected chi connectivity index (χ1v) is 5.76. The van der Waals surface area contributed by atoms with Crippen molar-refractivity contribution in [3.8, 4) is 0 Å². The number of carbonyl (C=O) groups is 1. The van der Waals surface area contributed by atoms with Crippen LogP contribution in [0.5, 0.6) is 0 Å². The summed E-state index contributed by atoms with van der Waals surface area (Å²) in [6.07, 6.45) is 6.29. The molecule has 0 aromatic heterocycles. The summed E-state index contributed by atoms with van der Waals surface area (Å²) in [5, 5.41) is 3.08. The molecule has 1 aliphatic heterocycles. The summed E-state index contributed by atoms with van der Waals surface area (Å²) in [6.45, 7) is 5.64. The van der Waals surface area contributed by atoms with Crippen LogP contribution in [0.3, 0.4) is 0 Å². The molecule has 0 aromatic carbocycles. The third-order valence-corrected chi connectivity index (χ3v) is 2.89. The second-order valence-corrected chi connectivity index (χ2v) is 4.15. The molecule has 1 N–H and O–H groups in total. The van der Waals surface area contributed by atoms with Gasteiger partial charge in [0, 0.05) is 6.04 Å². The van der Waals surface area contributed by atoms with Gasteiger partial charge in [0.05, 0.1) is 13.2 Å². The van der Waals surface area contributed by atoms with Gasteiger partial charge < -0.3 is 4.90 Å². The molecule has 1 saturated heterocycles. The Morgan fingerprint density at radius 3 is 2.79 bits per heavy atom. The minimum atomic E-state index is 0.257. The highest BCUT2D eigenvalue weighted by atomic mass is 16.2. The monoisotopic (exact) mass is 198 g/mol. The van der Waals surface area contributed by atoms with Gasteiger partial charge in [0.1, 0.15) is 0 Å². The molecule has 0 spiro atoms. The van der Waals surface area contributed by atoms with Gasteiger partial charge in [0.25, 0.3) is 0 Å². The van der Waals surface area contributed by atoms with Crippen molar-refractivity contribution in [1.29, 1.82) is 0 Å². The zero-order chi connectivity index (χ0) is 10.4. The minimum absolute atomic E-state index is 0.257. The van der Waals surface area contributed by atoms with Crippen LogP contribution in [-0.4, -0.2) is 30.1 Å². The molecule has 1 rings (SSSR count). The van der Waals surface area contributed by atoms with Gasteiger partial charge in [0.15, 0.2) is 0 Å². The van der Waals surface area contributed by atoms with Crippen molar-refractivity contribution in [1.82, 2.24) is 10.2 Å². The van der Waals surface area contributed by atoms with E-state index in [9.17, 15) is 4.79 Å². The predicted octanol–water partition coefficient (Wildman–Crippen LogP) is 1.73. The molecule has 0 bridgehead atoms. The molecule has 3 nitrogen and oxygen atoms in total. The number of nitrogens with one attached hydrogen (secondary N) is 1. The first kappa shape index (κ1) is 11.5. The van der Waals surface area contributed by atoms with Crippen molar-refractivity contribution in [3.63, 3.8) is 0 Å². The molecule has 1 fully saturated rings. The molecular formula is C11H22N2O. The number of nitrogens with zero attached hydrogens (tertiary/aromatic N) is 1. The van der Waals surface area contributed by atoms with E-state index in [1.807, 2.05) is 4.90 Å². The van der Waals surface area contributed by atoms with E-state index in [1.165, 1.54) is 25.7 Å². The van der Waals surface area contributed by atoms with E-state index in [1.54, 1.807) is 0 Å². The number of carbonyl (C=O) groups excluding carboxylic acids is 1. The van der Waals surface area contributed by atoms with E-state index >= 15 is 0 Å². The van der Waals surface area contributed by atoms with Crippen molar-refractivity contribution in [2.75, 3.05) is 13.2 Å². The molecule has 0 saturated carbocycles. The zero-order valence-corrected chi connectivity index (χ0v) is 9.38. The standard InChI is InChI=1S/C11H22N2O/c1-3-4-5-6-7-10(2)13-9-12-8-11(13)14/h10,12H,3-9H2,1-2H3. The van der Waals surface area contributed by atoms with Gasteiger partial charge >= 0.3 is 0 Å². The summed E-state index contributed by atoms with van der Waals surface area (Å²) >= 11 is 0. The van der Waals surface area contributed by atoms with E-state index in [4.69, 9.17) is 0 Å². The number of amides is 1. The lowest BCUT2D eigenvalue weighted by Gasteiger charge is -2.23. The zero-order valence-electron chi connectivity index (χ0n) is 9.38. The van der Waals surface area contributed by atoms with Crippen molar-refractivity contribution in [3.05, 3.63) is 0 Å². The SMILES string of the molecule is CCCCCCC(C)N1CNCC1=O. The number of hydrogen-bond donors (Lipinski definition) is 1. The third kappa shape index (κ3) is 3.29. The molecule has 3 heteroatoms. The Morgan fingerprint density at radius 2 is 2.21 bits per heavy atom. The second kappa shape index (κ2) is 6.02. The largest absolute Gasteiger partial charge is 0.326 e. The van der Waals surface area contributed by atoms with Crippen LogP contribution in [-0.2, 0) is 4.79 Å². The van der Waals surface area contributed by atoms with Gasteiger partial charge in [-0.3, -0.25) is 10.1 Å². The molecule has 1 unspecified atom stereocenters. The normalized spacial score (nSPS) is 19.0. The highest BCUT2D eigenvalue weighted by Crippen LogP contribution is 2.11. The third-order valence-electron chi connectivity index (χ3n) is 2.89.